The molecule has 0 spiro atoms. The maximum atomic E-state index is 11.6. The van der Waals surface area contributed by atoms with E-state index in [0.717, 1.165) is 16.1 Å². The summed E-state index contributed by atoms with van der Waals surface area (Å²) in [5.74, 6) is -0.170. The van der Waals surface area contributed by atoms with Gasteiger partial charge in [0.05, 0.1) is 12.8 Å². The van der Waals surface area contributed by atoms with Crippen LogP contribution in [-0.4, -0.2) is 18.7 Å². The Hall–Kier alpha value is -2.14. The molecule has 19 heavy (non-hydrogen) atoms. The number of aryl methyl sites for hydroxylation is 1. The van der Waals surface area contributed by atoms with Gasteiger partial charge in [-0.2, -0.15) is 5.10 Å². The highest BCUT2D eigenvalue weighted by Crippen LogP contribution is 2.12. The molecule has 0 saturated carbocycles. The first-order valence-corrected chi connectivity index (χ1v) is 6.78. The van der Waals surface area contributed by atoms with Gasteiger partial charge in [0, 0.05) is 10.6 Å². The zero-order valence-corrected chi connectivity index (χ0v) is 11.4. The summed E-state index contributed by atoms with van der Waals surface area (Å²) in [6.45, 7) is 2.20. The second-order valence-electron chi connectivity index (χ2n) is 3.98. The number of benzene rings is 1. The zero-order valence-electron chi connectivity index (χ0n) is 10.6. The van der Waals surface area contributed by atoms with E-state index in [-0.39, 0.29) is 12.5 Å². The normalized spacial score (nSPS) is 10.6. The number of nitrogens with zero attached hydrogens (tertiary/aromatic N) is 1. The summed E-state index contributed by atoms with van der Waals surface area (Å²) in [6, 6.07) is 11.7. The predicted octanol–water partition coefficient (Wildman–Crippen LogP) is 2.62. The Morgan fingerprint density at radius 3 is 2.89 bits per heavy atom. The first-order chi connectivity index (χ1) is 9.25. The molecule has 0 bridgehead atoms. The minimum Gasteiger partial charge on any atom is -0.376 e. The molecular weight excluding hydrogens is 258 g/mol. The first-order valence-electron chi connectivity index (χ1n) is 5.90. The summed E-state index contributed by atoms with van der Waals surface area (Å²) < 4.78 is 0. The highest BCUT2D eigenvalue weighted by Gasteiger charge is 2.00. The summed E-state index contributed by atoms with van der Waals surface area (Å²) in [6.07, 6.45) is 1.64. The Morgan fingerprint density at radius 1 is 1.32 bits per heavy atom. The van der Waals surface area contributed by atoms with Crippen LogP contribution in [0.15, 0.2) is 46.9 Å². The van der Waals surface area contributed by atoms with Crippen LogP contribution in [0.5, 0.6) is 0 Å². The molecule has 2 rings (SSSR count). The Kier molecular flexibility index (Phi) is 4.69. The van der Waals surface area contributed by atoms with Crippen LogP contribution in [0.4, 0.5) is 5.69 Å². The molecular formula is C14H15N3OS. The quantitative estimate of drug-likeness (QED) is 0.650. The first kappa shape index (κ1) is 13.3. The van der Waals surface area contributed by atoms with Crippen molar-refractivity contribution in [1.82, 2.24) is 5.43 Å². The molecule has 1 aromatic heterocycles. The number of carbonyl (C=O) groups is 1. The topological polar surface area (TPSA) is 53.5 Å². The average Bonchev–Trinajstić information content (AvgIpc) is 2.91. The molecule has 2 N–H and O–H groups in total. The van der Waals surface area contributed by atoms with Gasteiger partial charge in [0.15, 0.2) is 0 Å². The van der Waals surface area contributed by atoms with Crippen molar-refractivity contribution in [3.8, 4) is 0 Å². The van der Waals surface area contributed by atoms with E-state index in [4.69, 9.17) is 0 Å². The van der Waals surface area contributed by atoms with Crippen molar-refractivity contribution < 1.29 is 4.79 Å². The number of para-hydroxylation sites is 1. The highest BCUT2D eigenvalue weighted by molar-refractivity contribution is 7.11. The number of carbonyl (C=O) groups excluding carboxylic acids is 1. The molecule has 0 unspecified atom stereocenters. The van der Waals surface area contributed by atoms with Crippen LogP contribution in [0.2, 0.25) is 0 Å². The van der Waals surface area contributed by atoms with Crippen LogP contribution in [0.25, 0.3) is 0 Å². The Labute approximate surface area is 116 Å². The van der Waals surface area contributed by atoms with E-state index in [1.54, 1.807) is 17.6 Å². The van der Waals surface area contributed by atoms with E-state index >= 15 is 0 Å². The molecule has 1 aromatic carbocycles. The van der Waals surface area contributed by atoms with Crippen molar-refractivity contribution in [3.63, 3.8) is 0 Å². The molecule has 0 atom stereocenters. The van der Waals surface area contributed by atoms with Crippen molar-refractivity contribution in [2.75, 3.05) is 11.9 Å². The number of hydrogen-bond donors (Lipinski definition) is 2. The van der Waals surface area contributed by atoms with Gasteiger partial charge in [0.25, 0.3) is 5.91 Å². The van der Waals surface area contributed by atoms with Gasteiger partial charge < -0.3 is 5.32 Å². The summed E-state index contributed by atoms with van der Waals surface area (Å²) in [5, 5.41) is 8.93. The molecule has 2 aromatic rings. The number of amides is 1. The fourth-order valence-corrected chi connectivity index (χ4v) is 2.10. The Balaban J connectivity index is 1.78. The third-order valence-corrected chi connectivity index (χ3v) is 3.32. The van der Waals surface area contributed by atoms with Gasteiger partial charge in [-0.15, -0.1) is 11.3 Å². The molecule has 0 aliphatic heterocycles. The zero-order chi connectivity index (χ0) is 13.5. The molecule has 1 amide bonds. The van der Waals surface area contributed by atoms with Gasteiger partial charge in [0.2, 0.25) is 0 Å². The maximum absolute atomic E-state index is 11.6. The van der Waals surface area contributed by atoms with E-state index in [0.29, 0.717) is 0 Å². The lowest BCUT2D eigenvalue weighted by molar-refractivity contribution is -0.119. The van der Waals surface area contributed by atoms with Crippen molar-refractivity contribution >= 4 is 29.1 Å². The van der Waals surface area contributed by atoms with E-state index in [1.165, 1.54) is 0 Å². The fraction of sp³-hybridized carbons (Fsp3) is 0.143. The lowest BCUT2D eigenvalue weighted by atomic mass is 10.2. The van der Waals surface area contributed by atoms with Crippen molar-refractivity contribution in [1.29, 1.82) is 0 Å². The average molecular weight is 273 g/mol. The third-order valence-electron chi connectivity index (χ3n) is 2.51. The van der Waals surface area contributed by atoms with Crippen LogP contribution >= 0.6 is 11.3 Å². The van der Waals surface area contributed by atoms with Gasteiger partial charge in [-0.25, -0.2) is 5.43 Å². The van der Waals surface area contributed by atoms with Gasteiger partial charge >= 0.3 is 0 Å². The summed E-state index contributed by atoms with van der Waals surface area (Å²) in [4.78, 5) is 12.6. The van der Waals surface area contributed by atoms with E-state index in [9.17, 15) is 4.79 Å². The molecule has 0 fully saturated rings. The number of nitrogens with one attached hydrogen (secondary N) is 2. The van der Waals surface area contributed by atoms with Crippen molar-refractivity contribution in [2.45, 2.75) is 6.92 Å². The van der Waals surface area contributed by atoms with Crippen LogP contribution in [0, 0.1) is 6.92 Å². The molecule has 98 valence electrons. The van der Waals surface area contributed by atoms with Crippen molar-refractivity contribution in [2.24, 2.45) is 5.10 Å². The number of hydrogen-bond acceptors (Lipinski definition) is 4. The molecule has 0 saturated heterocycles. The largest absolute Gasteiger partial charge is 0.376 e. The molecule has 4 nitrogen and oxygen atoms in total. The Morgan fingerprint density at radius 2 is 2.16 bits per heavy atom. The van der Waals surface area contributed by atoms with Gasteiger partial charge in [-0.1, -0.05) is 24.3 Å². The van der Waals surface area contributed by atoms with Gasteiger partial charge in [0.1, 0.15) is 0 Å². The third kappa shape index (κ3) is 4.22. The molecule has 5 heteroatoms. The van der Waals surface area contributed by atoms with Crippen LogP contribution in [-0.2, 0) is 4.79 Å². The monoisotopic (exact) mass is 273 g/mol. The van der Waals surface area contributed by atoms with Gasteiger partial charge in [-0.05, 0) is 30.0 Å². The maximum Gasteiger partial charge on any atom is 0.259 e. The number of hydrazone groups is 1. The summed E-state index contributed by atoms with van der Waals surface area (Å²) in [5.41, 5.74) is 4.55. The molecule has 0 aliphatic rings. The number of rotatable bonds is 5. The predicted molar refractivity (Wildman–Crippen MR) is 79.7 cm³/mol. The second kappa shape index (κ2) is 6.70. The van der Waals surface area contributed by atoms with E-state index < -0.39 is 0 Å². The van der Waals surface area contributed by atoms with Crippen molar-refractivity contribution in [3.05, 3.63) is 52.2 Å². The minimum absolute atomic E-state index is 0.170. The fourth-order valence-electron chi connectivity index (χ4n) is 1.52. The standard InChI is InChI=1S/C14H15N3OS/c1-11-5-2-3-7-13(11)15-10-14(18)17-16-9-12-6-4-8-19-12/h2-9,15H,10H2,1H3,(H,17,18). The lowest BCUT2D eigenvalue weighted by Gasteiger charge is -2.07. The number of anilines is 1. The molecule has 1 heterocycles. The smallest absolute Gasteiger partial charge is 0.259 e. The lowest BCUT2D eigenvalue weighted by Crippen LogP contribution is -2.26. The highest BCUT2D eigenvalue weighted by atomic mass is 32.1. The Bertz CT molecular complexity index is 564. The van der Waals surface area contributed by atoms with E-state index in [2.05, 4.69) is 15.8 Å². The SMILES string of the molecule is Cc1ccccc1NCC(=O)NN=Cc1cccs1. The number of thiophene rings is 1. The van der Waals surface area contributed by atoms with Crippen LogP contribution < -0.4 is 10.7 Å². The molecule has 0 aliphatic carbocycles. The second-order valence-corrected chi connectivity index (χ2v) is 4.96. The summed E-state index contributed by atoms with van der Waals surface area (Å²) in [7, 11) is 0. The van der Waals surface area contributed by atoms with Gasteiger partial charge in [-0.3, -0.25) is 4.79 Å². The van der Waals surface area contributed by atoms with Crippen LogP contribution in [0.3, 0.4) is 0 Å². The molecule has 0 radical (unpaired) electrons. The minimum atomic E-state index is -0.170. The summed E-state index contributed by atoms with van der Waals surface area (Å²) >= 11 is 1.57. The van der Waals surface area contributed by atoms with Crippen LogP contribution in [0.1, 0.15) is 10.4 Å². The van der Waals surface area contributed by atoms with E-state index in [1.807, 2.05) is 48.7 Å².